The number of hydrazone groups is 1. The van der Waals surface area contributed by atoms with E-state index in [-0.39, 0.29) is 5.91 Å². The Morgan fingerprint density at radius 2 is 1.68 bits per heavy atom. The molecule has 0 aliphatic carbocycles. The number of benzene rings is 3. The van der Waals surface area contributed by atoms with Crippen LogP contribution in [-0.2, 0) is 0 Å². The van der Waals surface area contributed by atoms with Crippen molar-refractivity contribution in [1.29, 1.82) is 0 Å². The summed E-state index contributed by atoms with van der Waals surface area (Å²) in [5, 5.41) is 6.30. The fraction of sp³-hybridized carbons (Fsp3) is 0. The highest BCUT2D eigenvalue weighted by atomic mass is 79.9. The van der Waals surface area contributed by atoms with Gasteiger partial charge in [0.1, 0.15) is 0 Å². The minimum absolute atomic E-state index is 0.232. The van der Waals surface area contributed by atoms with Crippen LogP contribution in [0.15, 0.2) is 76.3 Å². The molecule has 0 bridgehead atoms. The van der Waals surface area contributed by atoms with Gasteiger partial charge < -0.3 is 0 Å². The predicted molar refractivity (Wildman–Crippen MR) is 93.2 cm³/mol. The first kappa shape index (κ1) is 14.5. The Balaban J connectivity index is 1.76. The predicted octanol–water partition coefficient (Wildman–Crippen LogP) is 4.37. The number of carbonyl (C=O) groups is 1. The number of hydrogen-bond acceptors (Lipinski definition) is 2. The molecule has 0 spiro atoms. The van der Waals surface area contributed by atoms with E-state index in [1.54, 1.807) is 18.3 Å². The molecule has 0 saturated carbocycles. The van der Waals surface area contributed by atoms with Crippen molar-refractivity contribution in [2.45, 2.75) is 0 Å². The van der Waals surface area contributed by atoms with Crippen LogP contribution in [0.5, 0.6) is 0 Å². The van der Waals surface area contributed by atoms with Crippen LogP contribution in [-0.4, -0.2) is 12.1 Å². The molecule has 0 heterocycles. The number of nitrogens with one attached hydrogen (secondary N) is 1. The summed E-state index contributed by atoms with van der Waals surface area (Å²) in [5.41, 5.74) is 4.08. The Labute approximate surface area is 136 Å². The molecule has 0 unspecified atom stereocenters. The molecule has 1 N–H and O–H groups in total. The summed E-state index contributed by atoms with van der Waals surface area (Å²) in [5.74, 6) is -0.232. The standard InChI is InChI=1S/C18H13BrN2O/c19-16-10-8-14(9-11-16)18(22)21-20-12-15-6-3-5-13-4-1-2-7-17(13)15/h1-12H,(H,21,22). The van der Waals surface area contributed by atoms with E-state index in [4.69, 9.17) is 0 Å². The molecule has 3 rings (SSSR count). The quantitative estimate of drug-likeness (QED) is 0.552. The third-order valence-electron chi connectivity index (χ3n) is 3.30. The van der Waals surface area contributed by atoms with E-state index in [1.165, 1.54) is 0 Å². The normalized spacial score (nSPS) is 11.0. The van der Waals surface area contributed by atoms with Crippen LogP contribution in [0.3, 0.4) is 0 Å². The zero-order valence-corrected chi connectivity index (χ0v) is 13.2. The second kappa shape index (κ2) is 6.54. The molecule has 0 saturated heterocycles. The summed E-state index contributed by atoms with van der Waals surface area (Å²) in [4.78, 5) is 12.0. The molecule has 1 amide bonds. The third kappa shape index (κ3) is 3.23. The van der Waals surface area contributed by atoms with Gasteiger partial charge >= 0.3 is 0 Å². The van der Waals surface area contributed by atoms with Crippen molar-refractivity contribution in [3.05, 3.63) is 82.3 Å². The molecule has 22 heavy (non-hydrogen) atoms. The van der Waals surface area contributed by atoms with Crippen LogP contribution in [0.2, 0.25) is 0 Å². The fourth-order valence-corrected chi connectivity index (χ4v) is 2.45. The van der Waals surface area contributed by atoms with Gasteiger partial charge in [0, 0.05) is 15.6 Å². The summed E-state index contributed by atoms with van der Waals surface area (Å²) in [6.45, 7) is 0. The fourth-order valence-electron chi connectivity index (χ4n) is 2.19. The van der Waals surface area contributed by atoms with Crippen LogP contribution in [0, 0.1) is 0 Å². The Morgan fingerprint density at radius 3 is 2.50 bits per heavy atom. The second-order valence-corrected chi connectivity index (χ2v) is 5.69. The molecular weight excluding hydrogens is 340 g/mol. The van der Waals surface area contributed by atoms with Gasteiger partial charge in [-0.2, -0.15) is 5.10 Å². The van der Waals surface area contributed by atoms with Crippen molar-refractivity contribution < 1.29 is 4.79 Å². The lowest BCUT2D eigenvalue weighted by atomic mass is 10.1. The summed E-state index contributed by atoms with van der Waals surface area (Å²) in [6, 6.07) is 21.2. The maximum Gasteiger partial charge on any atom is 0.271 e. The van der Waals surface area contributed by atoms with E-state index < -0.39 is 0 Å². The molecule has 0 aromatic heterocycles. The van der Waals surface area contributed by atoms with E-state index in [0.29, 0.717) is 5.56 Å². The molecule has 3 nitrogen and oxygen atoms in total. The van der Waals surface area contributed by atoms with Gasteiger partial charge in [0.15, 0.2) is 0 Å². The summed E-state index contributed by atoms with van der Waals surface area (Å²) < 4.78 is 0.934. The minimum atomic E-state index is -0.232. The van der Waals surface area contributed by atoms with Crippen molar-refractivity contribution >= 4 is 38.8 Å². The van der Waals surface area contributed by atoms with Crippen molar-refractivity contribution in [1.82, 2.24) is 5.43 Å². The maximum absolute atomic E-state index is 12.0. The van der Waals surface area contributed by atoms with Crippen molar-refractivity contribution in [3.63, 3.8) is 0 Å². The molecule has 0 atom stereocenters. The number of rotatable bonds is 3. The van der Waals surface area contributed by atoms with E-state index in [0.717, 1.165) is 20.8 Å². The summed E-state index contributed by atoms with van der Waals surface area (Å²) in [7, 11) is 0. The summed E-state index contributed by atoms with van der Waals surface area (Å²) >= 11 is 3.34. The van der Waals surface area contributed by atoms with Crippen LogP contribution in [0.25, 0.3) is 10.8 Å². The average Bonchev–Trinajstić information content (AvgIpc) is 2.55. The van der Waals surface area contributed by atoms with E-state index in [1.807, 2.05) is 54.6 Å². The highest BCUT2D eigenvalue weighted by Gasteiger charge is 2.03. The van der Waals surface area contributed by atoms with Crippen LogP contribution < -0.4 is 5.43 Å². The third-order valence-corrected chi connectivity index (χ3v) is 3.83. The molecule has 3 aromatic carbocycles. The van der Waals surface area contributed by atoms with Gasteiger partial charge in [0.2, 0.25) is 0 Å². The largest absolute Gasteiger partial charge is 0.271 e. The molecule has 4 heteroatoms. The number of nitrogens with zero attached hydrogens (tertiary/aromatic N) is 1. The van der Waals surface area contributed by atoms with Gasteiger partial charge in [-0.15, -0.1) is 0 Å². The van der Waals surface area contributed by atoms with Crippen molar-refractivity contribution in [2.75, 3.05) is 0 Å². The smallest absolute Gasteiger partial charge is 0.267 e. The van der Waals surface area contributed by atoms with Crippen molar-refractivity contribution in [2.24, 2.45) is 5.10 Å². The van der Waals surface area contributed by atoms with Crippen LogP contribution in [0.4, 0.5) is 0 Å². The Kier molecular flexibility index (Phi) is 4.30. The van der Waals surface area contributed by atoms with E-state index >= 15 is 0 Å². The highest BCUT2D eigenvalue weighted by Crippen LogP contribution is 2.16. The summed E-state index contributed by atoms with van der Waals surface area (Å²) in [6.07, 6.45) is 1.67. The monoisotopic (exact) mass is 352 g/mol. The van der Waals surface area contributed by atoms with Gasteiger partial charge in [0.25, 0.3) is 5.91 Å². The lowest BCUT2D eigenvalue weighted by Gasteiger charge is -2.02. The van der Waals surface area contributed by atoms with Gasteiger partial charge in [0.05, 0.1) is 6.21 Å². The molecule has 108 valence electrons. The Bertz CT molecular complexity index is 836. The molecule has 0 fully saturated rings. The minimum Gasteiger partial charge on any atom is -0.267 e. The van der Waals surface area contributed by atoms with Crippen LogP contribution >= 0.6 is 15.9 Å². The second-order valence-electron chi connectivity index (χ2n) is 4.77. The van der Waals surface area contributed by atoms with Gasteiger partial charge in [-0.1, -0.05) is 58.4 Å². The Hall–Kier alpha value is -2.46. The number of halogens is 1. The molecule has 0 aliphatic rings. The topological polar surface area (TPSA) is 41.5 Å². The molecule has 0 aliphatic heterocycles. The lowest BCUT2D eigenvalue weighted by Crippen LogP contribution is -2.17. The molecule has 0 radical (unpaired) electrons. The Morgan fingerprint density at radius 1 is 0.955 bits per heavy atom. The first-order valence-electron chi connectivity index (χ1n) is 6.81. The maximum atomic E-state index is 12.0. The average molecular weight is 353 g/mol. The lowest BCUT2D eigenvalue weighted by molar-refractivity contribution is 0.0955. The number of carbonyl (C=O) groups excluding carboxylic acids is 1. The van der Waals surface area contributed by atoms with Gasteiger partial charge in [-0.25, -0.2) is 5.43 Å². The van der Waals surface area contributed by atoms with E-state index in [9.17, 15) is 4.79 Å². The number of hydrogen-bond donors (Lipinski definition) is 1. The zero-order valence-electron chi connectivity index (χ0n) is 11.7. The first-order valence-corrected chi connectivity index (χ1v) is 7.60. The van der Waals surface area contributed by atoms with Crippen molar-refractivity contribution in [3.8, 4) is 0 Å². The number of amides is 1. The van der Waals surface area contributed by atoms with Gasteiger partial charge in [-0.05, 0) is 35.0 Å². The SMILES string of the molecule is O=C(NN=Cc1cccc2ccccc12)c1ccc(Br)cc1. The molecule has 3 aromatic rings. The first-order chi connectivity index (χ1) is 10.7. The van der Waals surface area contributed by atoms with E-state index in [2.05, 4.69) is 26.5 Å². The molecular formula is C18H13BrN2O. The van der Waals surface area contributed by atoms with Crippen LogP contribution in [0.1, 0.15) is 15.9 Å². The van der Waals surface area contributed by atoms with Gasteiger partial charge in [-0.3, -0.25) is 4.79 Å². The zero-order chi connectivity index (χ0) is 15.4. The highest BCUT2D eigenvalue weighted by molar-refractivity contribution is 9.10. The number of fused-ring (bicyclic) bond motifs is 1.